The van der Waals surface area contributed by atoms with Crippen LogP contribution in [0.15, 0.2) is 154 Å². The van der Waals surface area contributed by atoms with Gasteiger partial charge in [-0.2, -0.15) is 95.4 Å². The molecule has 2 atom stereocenters. The zero-order valence-corrected chi connectivity index (χ0v) is 87.7. The van der Waals surface area contributed by atoms with Crippen molar-refractivity contribution in [2.24, 2.45) is 46.9 Å². The van der Waals surface area contributed by atoms with E-state index >= 15 is 0 Å². The summed E-state index contributed by atoms with van der Waals surface area (Å²) >= 11 is 7.23. The number of nitrogens with one attached hydrogen (secondary N) is 9. The predicted molar refractivity (Wildman–Crippen MR) is 582 cm³/mol. The van der Waals surface area contributed by atoms with Crippen LogP contribution in [0.5, 0.6) is 0 Å². The second-order valence-electron chi connectivity index (χ2n) is 37.8. The minimum atomic E-state index is 0.498. The highest BCUT2D eigenvalue weighted by molar-refractivity contribution is 7.11. The first-order chi connectivity index (χ1) is 71.7. The standard InChI is InChI=1S/3C20H25N9S.C19H21N9S.C18H21N9S/c1-13-8-19(30-26-13)24-18-9-17(28-6-4-15(21-2)5-7-28)25-20-16(11-23-29(18)20)14-10-22-27(3)12-14;1-13-7-19(30-26-13)24-18-8-17(28-5-3-14(9-21)4-6-28)25-20-16(11-23-29(18)20)15-10-22-27(2)12-15;1-14-9-19(30-26-14)24-18-10-17(28-7-4-3-5-21-6-8-28)25-20-16(12-23-29(18)20)15-11-22-27(2)13-15;1-11-3-18(29-25-11)23-17-5-16(27-10-13-4-14(27)7-20-13)24-19-15(8-22-28(17)19)12-6-21-26(2)9-12;1-12-7-17(28-24-12)22-16-8-15(26-5-3-19-4-6-26)23-18-14(10-21-27(16)18)13-9-20-25(2)11-13/h8-12,15,21,24H,4-7H2,1-3H3;7-8,10-12,14,24H,3-6,9,21H2,1-2H3;9-13,21,24H,3-8H2,1-2H3;3,5-6,8-9,13-14,20,23H,4,7,10H2,1-2H3;7-11,19,22H,3-6H2,1-2H3/t;;;13-,14-;/m...0./s1. The van der Waals surface area contributed by atoms with E-state index in [1.54, 1.807) is 23.4 Å². The Hall–Kier alpha value is -14.9. The van der Waals surface area contributed by atoms with Crippen LogP contribution in [0.1, 0.15) is 73.4 Å². The molecule has 0 aliphatic carbocycles. The summed E-state index contributed by atoms with van der Waals surface area (Å²) < 4.78 is 40.2. The van der Waals surface area contributed by atoms with E-state index in [1.807, 2.05) is 223 Å². The molecule has 20 aromatic rings. The van der Waals surface area contributed by atoms with E-state index in [0.717, 1.165) is 326 Å². The van der Waals surface area contributed by atoms with Crippen LogP contribution in [0.3, 0.4) is 0 Å². The van der Waals surface area contributed by atoms with Crippen molar-refractivity contribution in [2.75, 3.05) is 156 Å². The molecule has 6 aliphatic heterocycles. The molecule has 0 aromatic carbocycles. The van der Waals surface area contributed by atoms with Crippen LogP contribution in [0, 0.1) is 40.5 Å². The van der Waals surface area contributed by atoms with Gasteiger partial charge in [-0.15, -0.1) is 0 Å². The van der Waals surface area contributed by atoms with Gasteiger partial charge in [-0.3, -0.25) is 23.4 Å². The number of aryl methyl sites for hydroxylation is 10. The first kappa shape index (κ1) is 96.9. The fraction of sp³-hybridized carbons (Fsp3) is 0.381. The molecule has 6 fully saturated rings. The molecule has 0 radical (unpaired) electrons. The van der Waals surface area contributed by atoms with Crippen molar-refractivity contribution >= 4 is 169 Å². The highest BCUT2D eigenvalue weighted by Gasteiger charge is 2.39. The monoisotopic (exact) mass is 2070 g/mol. The largest absolute Gasteiger partial charge is 0.356 e. The summed E-state index contributed by atoms with van der Waals surface area (Å²) in [5.41, 5.74) is 24.8. The maximum absolute atomic E-state index is 5.88. The van der Waals surface area contributed by atoms with Gasteiger partial charge in [0.25, 0.3) is 0 Å². The molecule has 147 heavy (non-hydrogen) atoms. The third-order valence-electron chi connectivity index (χ3n) is 27.0. The highest BCUT2D eigenvalue weighted by Crippen LogP contribution is 2.41. The Morgan fingerprint density at radius 3 is 0.905 bits per heavy atom. The number of nitrogens with two attached hydrogens (primary N) is 1. The normalized spacial score (nSPS) is 16.3. The van der Waals surface area contributed by atoms with Crippen molar-refractivity contribution < 1.29 is 0 Å². The van der Waals surface area contributed by atoms with Crippen molar-refractivity contribution in [1.82, 2.24) is 165 Å². The van der Waals surface area contributed by atoms with Gasteiger partial charge in [-0.05, 0) is 194 Å². The zero-order valence-electron chi connectivity index (χ0n) is 83.6. The van der Waals surface area contributed by atoms with Crippen LogP contribution < -0.4 is 78.1 Å². The first-order valence-electron chi connectivity index (χ1n) is 49.4. The molecule has 50 heteroatoms. The van der Waals surface area contributed by atoms with Gasteiger partial charge in [0.1, 0.15) is 83.2 Å². The number of fused-ring (bicyclic) bond motifs is 7. The molecule has 0 saturated carbocycles. The average Bonchev–Trinajstić information content (AvgIpc) is 1.63. The number of nitrogens with zero attached hydrogens (tertiary/aromatic N) is 35. The Balaban J connectivity index is 0.000000104. The second kappa shape index (κ2) is 42.6. The molecule has 6 aliphatic rings. The summed E-state index contributed by atoms with van der Waals surface area (Å²) in [7, 11) is 11.6. The molecule has 26 rings (SSSR count). The summed E-state index contributed by atoms with van der Waals surface area (Å²) in [5, 5.41) is 80.9. The number of hydrogen-bond acceptors (Lipinski definition) is 40. The summed E-state index contributed by atoms with van der Waals surface area (Å²) in [6.07, 6.45) is 36.4. The molecule has 760 valence electrons. The van der Waals surface area contributed by atoms with Gasteiger partial charge in [0.05, 0.1) is 90.4 Å². The lowest BCUT2D eigenvalue weighted by Gasteiger charge is -2.32. The van der Waals surface area contributed by atoms with E-state index in [-0.39, 0.29) is 0 Å². The molecular weight excluding hydrogens is 1960 g/mol. The SMILES string of the molecule is CNC1CCN(c2cc(Nc3cc(C)ns3)n3ncc(-c4cnn(C)c4)c3n2)CC1.Cc1cc(Nc2cc(N3CCC(CN)CC3)nc3c(-c4cnn(C)c4)cnn23)sn1.Cc1cc(Nc2cc(N3CCCCNCC3)nc3c(-c4cnn(C)c4)cnn23)sn1.Cc1cc(Nc2cc(N3CCNCC3)nc3c(-c4cnn(C)c4)cnn23)sn1.Cc1cc(Nc2cc(N3C[C@@H]4C[C@H]3CN4)nc3c(-c4cnn(C)c4)cnn23)sn1. The number of piperidine rings is 2. The Bertz CT molecular complexity index is 7760. The third kappa shape index (κ3) is 21.5. The summed E-state index contributed by atoms with van der Waals surface area (Å²) in [5.74, 6) is 9.80. The second-order valence-corrected chi connectivity index (χ2v) is 41.8. The van der Waals surface area contributed by atoms with Crippen LogP contribution in [0.4, 0.5) is 83.2 Å². The van der Waals surface area contributed by atoms with Gasteiger partial charge in [-0.25, -0.2) is 24.9 Å². The van der Waals surface area contributed by atoms with Crippen LogP contribution in [0.2, 0.25) is 0 Å². The van der Waals surface area contributed by atoms with E-state index in [1.165, 1.54) is 70.5 Å². The van der Waals surface area contributed by atoms with Gasteiger partial charge in [0, 0.05) is 255 Å². The molecule has 20 aromatic heterocycles. The van der Waals surface area contributed by atoms with E-state index in [4.69, 9.17) is 30.7 Å². The minimum Gasteiger partial charge on any atom is -0.356 e. The number of rotatable bonds is 22. The first-order valence-corrected chi connectivity index (χ1v) is 53.3. The van der Waals surface area contributed by atoms with Crippen molar-refractivity contribution in [1.29, 1.82) is 0 Å². The molecule has 0 spiro atoms. The predicted octanol–water partition coefficient (Wildman–Crippen LogP) is 12.7. The van der Waals surface area contributed by atoms with Crippen molar-refractivity contribution in [3.05, 3.63) is 182 Å². The lowest BCUT2D eigenvalue weighted by Crippen LogP contribution is -2.44. The summed E-state index contributed by atoms with van der Waals surface area (Å²) in [6, 6.07) is 22.2. The van der Waals surface area contributed by atoms with Crippen molar-refractivity contribution in [3.8, 4) is 55.6 Å². The highest BCUT2D eigenvalue weighted by atomic mass is 32.1. The maximum Gasteiger partial charge on any atom is 0.167 e. The van der Waals surface area contributed by atoms with E-state index in [0.29, 0.717) is 24.0 Å². The number of anilines is 15. The van der Waals surface area contributed by atoms with Gasteiger partial charge in [-0.1, -0.05) is 0 Å². The Kier molecular flexibility index (Phi) is 28.1. The van der Waals surface area contributed by atoms with E-state index in [9.17, 15) is 0 Å². The van der Waals surface area contributed by atoms with Gasteiger partial charge in [0.2, 0.25) is 0 Å². The van der Waals surface area contributed by atoms with Gasteiger partial charge < -0.3 is 78.1 Å². The molecular formula is C97H117N45S5. The van der Waals surface area contributed by atoms with Crippen LogP contribution in [-0.2, 0) is 35.2 Å². The van der Waals surface area contributed by atoms with Gasteiger partial charge >= 0.3 is 0 Å². The number of piperazine rings is 2. The smallest absolute Gasteiger partial charge is 0.167 e. The lowest BCUT2D eigenvalue weighted by molar-refractivity contribution is 0.413. The topological polar surface area (TPSA) is 455 Å². The molecule has 0 amide bonds. The fourth-order valence-electron chi connectivity index (χ4n) is 19.3. The Morgan fingerprint density at radius 2 is 0.633 bits per heavy atom. The van der Waals surface area contributed by atoms with Crippen LogP contribution in [0.25, 0.3) is 83.9 Å². The molecule has 11 N–H and O–H groups in total. The van der Waals surface area contributed by atoms with Crippen molar-refractivity contribution in [2.45, 2.75) is 97.7 Å². The number of hydrogen-bond donors (Lipinski definition) is 10. The van der Waals surface area contributed by atoms with Gasteiger partial charge in [0.15, 0.2) is 28.2 Å². The molecule has 6 saturated heterocycles. The molecule has 45 nitrogen and oxygen atoms in total. The molecule has 2 bridgehead atoms. The summed E-state index contributed by atoms with van der Waals surface area (Å²) in [4.78, 5) is 36.8. The molecule has 26 heterocycles. The maximum atomic E-state index is 5.88. The quantitative estimate of drug-likeness (QED) is 0.0301. The average molecular weight is 2070 g/mol. The fourth-order valence-corrected chi connectivity index (χ4v) is 22.7. The minimum absolute atomic E-state index is 0.498. The van der Waals surface area contributed by atoms with E-state index in [2.05, 4.69) is 176 Å². The van der Waals surface area contributed by atoms with E-state index < -0.39 is 0 Å². The molecule has 0 unspecified atom stereocenters. The zero-order chi connectivity index (χ0) is 100. The lowest BCUT2D eigenvalue weighted by atomic mass is 9.97. The van der Waals surface area contributed by atoms with Crippen LogP contribution in [-0.4, -0.2) is 267 Å². The Morgan fingerprint density at radius 1 is 0.340 bits per heavy atom. The number of aromatic nitrogens is 30. The Labute approximate surface area is 866 Å². The van der Waals surface area contributed by atoms with Crippen molar-refractivity contribution in [3.63, 3.8) is 0 Å². The third-order valence-corrected chi connectivity index (χ3v) is 31.0. The summed E-state index contributed by atoms with van der Waals surface area (Å²) in [6.45, 7) is 24.4. The van der Waals surface area contributed by atoms with Crippen LogP contribution >= 0.6 is 57.7 Å².